The Morgan fingerprint density at radius 2 is 2.40 bits per heavy atom. The molecule has 0 radical (unpaired) electrons. The zero-order chi connectivity index (χ0) is 14.4. The molecule has 0 amide bonds. The predicted octanol–water partition coefficient (Wildman–Crippen LogP) is 2.43. The van der Waals surface area contributed by atoms with Gasteiger partial charge in [0.15, 0.2) is 0 Å². The third kappa shape index (κ3) is 3.63. The zero-order valence-electron chi connectivity index (χ0n) is 11.9. The summed E-state index contributed by atoms with van der Waals surface area (Å²) in [5, 5.41) is 3.26. The maximum atomic E-state index is 11.8. The smallest absolute Gasteiger partial charge is 0.340 e. The number of nitrogens with one attached hydrogen (secondary N) is 1. The Balaban J connectivity index is 1.93. The fraction of sp³-hybridized carbons (Fsp3) is 0.533. The molecule has 20 heavy (non-hydrogen) atoms. The highest BCUT2D eigenvalue weighted by Crippen LogP contribution is 2.24. The summed E-state index contributed by atoms with van der Waals surface area (Å²) in [5.74, 6) is -0.382. The van der Waals surface area contributed by atoms with Crippen LogP contribution in [0.15, 0.2) is 18.2 Å². The molecule has 1 aliphatic heterocycles. The zero-order valence-corrected chi connectivity index (χ0v) is 11.9. The second-order valence-corrected chi connectivity index (χ2v) is 4.84. The van der Waals surface area contributed by atoms with E-state index in [2.05, 4.69) is 5.32 Å². The number of hydrogen-bond acceptors (Lipinski definition) is 5. The molecule has 1 saturated heterocycles. The van der Waals surface area contributed by atoms with E-state index in [0.29, 0.717) is 24.0 Å². The van der Waals surface area contributed by atoms with Crippen LogP contribution in [0.2, 0.25) is 0 Å². The highest BCUT2D eigenvalue weighted by atomic mass is 16.5. The van der Waals surface area contributed by atoms with Gasteiger partial charge in [0.05, 0.1) is 29.6 Å². The van der Waals surface area contributed by atoms with Crippen molar-refractivity contribution in [1.82, 2.24) is 0 Å². The van der Waals surface area contributed by atoms with Crippen molar-refractivity contribution < 1.29 is 14.3 Å². The number of esters is 1. The fourth-order valence-corrected chi connectivity index (χ4v) is 2.35. The van der Waals surface area contributed by atoms with E-state index in [4.69, 9.17) is 15.2 Å². The van der Waals surface area contributed by atoms with Crippen molar-refractivity contribution in [3.63, 3.8) is 0 Å². The van der Waals surface area contributed by atoms with Crippen molar-refractivity contribution in [2.24, 2.45) is 0 Å². The highest BCUT2D eigenvalue weighted by molar-refractivity contribution is 5.98. The lowest BCUT2D eigenvalue weighted by atomic mass is 10.1. The van der Waals surface area contributed by atoms with Crippen LogP contribution in [0.1, 0.15) is 36.5 Å². The van der Waals surface area contributed by atoms with Crippen LogP contribution in [-0.4, -0.2) is 31.8 Å². The molecule has 1 unspecified atom stereocenters. The summed E-state index contributed by atoms with van der Waals surface area (Å²) in [7, 11) is 0. The SMILES string of the molecule is CCOC(=O)c1cccc(NCCC2CCCO2)c1N. The Morgan fingerprint density at radius 3 is 3.10 bits per heavy atom. The van der Waals surface area contributed by atoms with Gasteiger partial charge in [0.25, 0.3) is 0 Å². The average molecular weight is 278 g/mol. The van der Waals surface area contributed by atoms with Crippen molar-refractivity contribution in [3.8, 4) is 0 Å². The molecular weight excluding hydrogens is 256 g/mol. The number of benzene rings is 1. The summed E-state index contributed by atoms with van der Waals surface area (Å²) in [6, 6.07) is 5.35. The monoisotopic (exact) mass is 278 g/mol. The molecule has 0 aromatic heterocycles. The largest absolute Gasteiger partial charge is 0.462 e. The Labute approximate surface area is 119 Å². The quantitative estimate of drug-likeness (QED) is 0.617. The predicted molar refractivity (Wildman–Crippen MR) is 78.9 cm³/mol. The van der Waals surface area contributed by atoms with E-state index in [1.54, 1.807) is 19.1 Å². The van der Waals surface area contributed by atoms with Gasteiger partial charge in [-0.2, -0.15) is 0 Å². The summed E-state index contributed by atoms with van der Waals surface area (Å²) in [5.41, 5.74) is 7.64. The molecular formula is C15H22N2O3. The van der Waals surface area contributed by atoms with Gasteiger partial charge in [-0.15, -0.1) is 0 Å². The van der Waals surface area contributed by atoms with Crippen molar-refractivity contribution in [1.29, 1.82) is 0 Å². The van der Waals surface area contributed by atoms with Crippen molar-refractivity contribution in [2.45, 2.75) is 32.3 Å². The lowest BCUT2D eigenvalue weighted by molar-refractivity contribution is 0.0527. The van der Waals surface area contributed by atoms with Gasteiger partial charge in [0, 0.05) is 13.2 Å². The van der Waals surface area contributed by atoms with Crippen LogP contribution in [-0.2, 0) is 9.47 Å². The number of hydrogen-bond donors (Lipinski definition) is 2. The molecule has 5 heteroatoms. The summed E-state index contributed by atoms with van der Waals surface area (Å²) in [6.45, 7) is 3.76. The Morgan fingerprint density at radius 1 is 1.55 bits per heavy atom. The maximum absolute atomic E-state index is 11.8. The van der Waals surface area contributed by atoms with Crippen LogP contribution in [0, 0.1) is 0 Å². The topological polar surface area (TPSA) is 73.6 Å². The lowest BCUT2D eigenvalue weighted by Crippen LogP contribution is -2.14. The van der Waals surface area contributed by atoms with Gasteiger partial charge >= 0.3 is 5.97 Å². The Bertz CT molecular complexity index is 456. The lowest BCUT2D eigenvalue weighted by Gasteiger charge is -2.14. The number of anilines is 2. The maximum Gasteiger partial charge on any atom is 0.340 e. The van der Waals surface area contributed by atoms with Gasteiger partial charge in [-0.3, -0.25) is 0 Å². The summed E-state index contributed by atoms with van der Waals surface area (Å²) < 4.78 is 10.6. The van der Waals surface area contributed by atoms with Gasteiger partial charge in [0.1, 0.15) is 0 Å². The molecule has 0 spiro atoms. The highest BCUT2D eigenvalue weighted by Gasteiger charge is 2.16. The molecule has 1 aromatic carbocycles. The van der Waals surface area contributed by atoms with Gasteiger partial charge < -0.3 is 20.5 Å². The van der Waals surface area contributed by atoms with E-state index in [-0.39, 0.29) is 5.97 Å². The second-order valence-electron chi connectivity index (χ2n) is 4.84. The Hall–Kier alpha value is -1.75. The van der Waals surface area contributed by atoms with Crippen LogP contribution in [0.3, 0.4) is 0 Å². The number of carbonyl (C=O) groups is 1. The molecule has 110 valence electrons. The van der Waals surface area contributed by atoms with Crippen LogP contribution >= 0.6 is 0 Å². The summed E-state index contributed by atoms with van der Waals surface area (Å²) >= 11 is 0. The van der Waals surface area contributed by atoms with Crippen molar-refractivity contribution >= 4 is 17.3 Å². The second kappa shape index (κ2) is 7.14. The minimum absolute atomic E-state index is 0.342. The van der Waals surface area contributed by atoms with E-state index >= 15 is 0 Å². The minimum atomic E-state index is -0.382. The molecule has 2 rings (SSSR count). The molecule has 0 bridgehead atoms. The molecule has 1 aliphatic rings. The Kier molecular flexibility index (Phi) is 5.24. The standard InChI is InChI=1S/C15H22N2O3/c1-2-19-15(18)12-6-3-7-13(14(12)16)17-9-8-11-5-4-10-20-11/h3,6-7,11,17H,2,4-5,8-10,16H2,1H3. The summed E-state index contributed by atoms with van der Waals surface area (Å²) in [4.78, 5) is 11.8. The van der Waals surface area contributed by atoms with Gasteiger partial charge in [-0.1, -0.05) is 6.07 Å². The van der Waals surface area contributed by atoms with E-state index in [1.165, 1.54) is 0 Å². The van der Waals surface area contributed by atoms with Crippen LogP contribution in [0.5, 0.6) is 0 Å². The summed E-state index contributed by atoms with van der Waals surface area (Å²) in [6.07, 6.45) is 3.56. The number of para-hydroxylation sites is 1. The third-order valence-electron chi connectivity index (χ3n) is 3.41. The molecule has 1 atom stereocenters. The van der Waals surface area contributed by atoms with Crippen LogP contribution in [0.4, 0.5) is 11.4 Å². The minimum Gasteiger partial charge on any atom is -0.462 e. The van der Waals surface area contributed by atoms with Crippen LogP contribution in [0.25, 0.3) is 0 Å². The average Bonchev–Trinajstić information content (AvgIpc) is 2.94. The van der Waals surface area contributed by atoms with Gasteiger partial charge in [0.2, 0.25) is 0 Å². The third-order valence-corrected chi connectivity index (χ3v) is 3.41. The molecule has 1 heterocycles. The first kappa shape index (κ1) is 14.7. The van der Waals surface area contributed by atoms with Crippen LogP contribution < -0.4 is 11.1 Å². The first-order valence-corrected chi connectivity index (χ1v) is 7.13. The van der Waals surface area contributed by atoms with Gasteiger partial charge in [-0.25, -0.2) is 4.79 Å². The van der Waals surface area contributed by atoms with E-state index in [1.807, 2.05) is 6.07 Å². The number of rotatable bonds is 6. The molecule has 1 fully saturated rings. The number of ether oxygens (including phenoxy) is 2. The normalized spacial score (nSPS) is 17.9. The van der Waals surface area contributed by atoms with Crippen molar-refractivity contribution in [2.75, 3.05) is 30.8 Å². The molecule has 0 aliphatic carbocycles. The first-order valence-electron chi connectivity index (χ1n) is 7.13. The van der Waals surface area contributed by atoms with E-state index in [9.17, 15) is 4.79 Å². The fourth-order valence-electron chi connectivity index (χ4n) is 2.35. The molecule has 5 nitrogen and oxygen atoms in total. The van der Waals surface area contributed by atoms with E-state index < -0.39 is 0 Å². The number of carbonyl (C=O) groups excluding carboxylic acids is 1. The molecule has 0 saturated carbocycles. The van der Waals surface area contributed by atoms with Gasteiger partial charge in [-0.05, 0) is 38.3 Å². The first-order chi connectivity index (χ1) is 9.72. The molecule has 3 N–H and O–H groups in total. The van der Waals surface area contributed by atoms with Crippen molar-refractivity contribution in [3.05, 3.63) is 23.8 Å². The van der Waals surface area contributed by atoms with E-state index in [0.717, 1.165) is 38.1 Å². The number of nitrogen functional groups attached to an aromatic ring is 1. The molecule has 1 aromatic rings. The number of nitrogens with two attached hydrogens (primary N) is 1.